The molecule has 1 amide bonds. The predicted molar refractivity (Wildman–Crippen MR) is 119 cm³/mol. The van der Waals surface area contributed by atoms with Crippen LogP contribution in [0.15, 0.2) is 58.1 Å². The third kappa shape index (κ3) is 10.0. The molecule has 0 aliphatic rings. The zero-order valence-corrected chi connectivity index (χ0v) is 18.4. The first-order valence-corrected chi connectivity index (χ1v) is 8.82. The first-order chi connectivity index (χ1) is 12.4. The lowest BCUT2D eigenvalue weighted by Gasteiger charge is -2.21. The summed E-state index contributed by atoms with van der Waals surface area (Å²) >= 11 is 0. The van der Waals surface area contributed by atoms with Gasteiger partial charge in [-0.3, -0.25) is 4.79 Å². The lowest BCUT2D eigenvalue weighted by molar-refractivity contribution is -0.121. The molecule has 0 unspecified atom stereocenters. The molecule has 7 heteroatoms. The number of halogens is 1. The maximum absolute atomic E-state index is 12.0. The third-order valence-corrected chi connectivity index (χ3v) is 3.44. The van der Waals surface area contributed by atoms with E-state index in [-0.39, 0.29) is 42.0 Å². The number of nitrogens with zero attached hydrogens (tertiary/aromatic N) is 1. The van der Waals surface area contributed by atoms with E-state index in [1.54, 1.807) is 6.26 Å². The van der Waals surface area contributed by atoms with E-state index in [0.29, 0.717) is 19.0 Å². The number of aliphatic imine (C=N–C) groups is 1. The Balaban J connectivity index is 0.00000364. The Kier molecular flexibility index (Phi) is 9.92. The Morgan fingerprint density at radius 1 is 1.07 bits per heavy atom. The molecule has 0 bridgehead atoms. The second-order valence-corrected chi connectivity index (χ2v) is 7.06. The number of rotatable bonds is 7. The third-order valence-electron chi connectivity index (χ3n) is 3.44. The maximum atomic E-state index is 12.0. The highest BCUT2D eigenvalue weighted by Gasteiger charge is 2.13. The van der Waals surface area contributed by atoms with Gasteiger partial charge < -0.3 is 20.4 Å². The fourth-order valence-corrected chi connectivity index (χ4v) is 2.31. The number of benzene rings is 1. The number of carbonyl (C=O) groups is 1. The Morgan fingerprint density at radius 3 is 2.44 bits per heavy atom. The SMILES string of the molecule is CC(C)(C)NC(=O)CNC(=NCc1ccccc1)NCCc1ccco1.I. The van der Waals surface area contributed by atoms with Crippen molar-refractivity contribution < 1.29 is 9.21 Å². The lowest BCUT2D eigenvalue weighted by atomic mass is 10.1. The van der Waals surface area contributed by atoms with E-state index >= 15 is 0 Å². The van der Waals surface area contributed by atoms with Crippen LogP contribution in [0.1, 0.15) is 32.1 Å². The summed E-state index contributed by atoms with van der Waals surface area (Å²) in [6.45, 7) is 7.23. The number of hydrogen-bond acceptors (Lipinski definition) is 3. The van der Waals surface area contributed by atoms with Gasteiger partial charge in [-0.15, -0.1) is 24.0 Å². The highest BCUT2D eigenvalue weighted by molar-refractivity contribution is 14.0. The number of nitrogens with one attached hydrogen (secondary N) is 3. The van der Waals surface area contributed by atoms with Crippen LogP contribution in [0.5, 0.6) is 0 Å². The first kappa shape index (κ1) is 23.0. The minimum atomic E-state index is -0.257. The zero-order valence-electron chi connectivity index (χ0n) is 16.1. The van der Waals surface area contributed by atoms with E-state index in [4.69, 9.17) is 4.42 Å². The summed E-state index contributed by atoms with van der Waals surface area (Å²) in [5.74, 6) is 1.44. The van der Waals surface area contributed by atoms with E-state index in [9.17, 15) is 4.79 Å². The van der Waals surface area contributed by atoms with Crippen LogP contribution in [-0.2, 0) is 17.8 Å². The fraction of sp³-hybridized carbons (Fsp3) is 0.400. The summed E-state index contributed by atoms with van der Waals surface area (Å²) in [6.07, 6.45) is 2.40. The number of carbonyl (C=O) groups excluding carboxylic acids is 1. The molecule has 1 heterocycles. The minimum Gasteiger partial charge on any atom is -0.469 e. The van der Waals surface area contributed by atoms with Gasteiger partial charge in [-0.25, -0.2) is 4.99 Å². The van der Waals surface area contributed by atoms with Gasteiger partial charge in [0.15, 0.2) is 5.96 Å². The monoisotopic (exact) mass is 484 g/mol. The topological polar surface area (TPSA) is 78.7 Å². The summed E-state index contributed by atoms with van der Waals surface area (Å²) in [5, 5.41) is 9.26. The van der Waals surface area contributed by atoms with Crippen molar-refractivity contribution in [1.82, 2.24) is 16.0 Å². The van der Waals surface area contributed by atoms with Gasteiger partial charge >= 0.3 is 0 Å². The van der Waals surface area contributed by atoms with Crippen LogP contribution in [0, 0.1) is 0 Å². The second-order valence-electron chi connectivity index (χ2n) is 7.06. The number of guanidine groups is 1. The lowest BCUT2D eigenvalue weighted by Crippen LogP contribution is -2.48. The van der Waals surface area contributed by atoms with Crippen molar-refractivity contribution in [3.05, 3.63) is 60.1 Å². The largest absolute Gasteiger partial charge is 0.469 e. The fourth-order valence-electron chi connectivity index (χ4n) is 2.31. The van der Waals surface area contributed by atoms with Crippen molar-refractivity contribution in [1.29, 1.82) is 0 Å². The Bertz CT molecular complexity index is 695. The molecular formula is C20H29IN4O2. The van der Waals surface area contributed by atoms with Crippen LogP contribution in [0.4, 0.5) is 0 Å². The summed E-state index contributed by atoms with van der Waals surface area (Å²) < 4.78 is 5.33. The Morgan fingerprint density at radius 2 is 1.81 bits per heavy atom. The summed E-state index contributed by atoms with van der Waals surface area (Å²) in [5.41, 5.74) is 0.853. The molecular weight excluding hydrogens is 455 g/mol. The van der Waals surface area contributed by atoms with Crippen LogP contribution in [0.25, 0.3) is 0 Å². The molecule has 1 aromatic heterocycles. The van der Waals surface area contributed by atoms with E-state index < -0.39 is 0 Å². The second kappa shape index (κ2) is 11.6. The quantitative estimate of drug-likeness (QED) is 0.321. The Hall–Kier alpha value is -2.03. The van der Waals surface area contributed by atoms with E-state index in [0.717, 1.165) is 17.7 Å². The molecule has 0 aliphatic carbocycles. The van der Waals surface area contributed by atoms with Crippen molar-refractivity contribution in [3.8, 4) is 0 Å². The van der Waals surface area contributed by atoms with Gasteiger partial charge in [0.1, 0.15) is 5.76 Å². The molecule has 2 aromatic rings. The Labute approximate surface area is 178 Å². The van der Waals surface area contributed by atoms with E-state index in [1.165, 1.54) is 0 Å². The van der Waals surface area contributed by atoms with Crippen molar-refractivity contribution in [2.45, 2.75) is 39.3 Å². The molecule has 148 valence electrons. The predicted octanol–water partition coefficient (Wildman–Crippen LogP) is 3.09. The molecule has 0 radical (unpaired) electrons. The van der Waals surface area contributed by atoms with Gasteiger partial charge in [0.25, 0.3) is 0 Å². The smallest absolute Gasteiger partial charge is 0.239 e. The van der Waals surface area contributed by atoms with Crippen LogP contribution in [0.2, 0.25) is 0 Å². The molecule has 0 spiro atoms. The molecule has 3 N–H and O–H groups in total. The molecule has 2 rings (SSSR count). The van der Waals surface area contributed by atoms with Crippen molar-refractivity contribution in [3.63, 3.8) is 0 Å². The summed E-state index contributed by atoms with van der Waals surface area (Å²) in [4.78, 5) is 16.6. The van der Waals surface area contributed by atoms with Gasteiger partial charge in [-0.05, 0) is 38.5 Å². The average Bonchev–Trinajstić information content (AvgIpc) is 3.09. The maximum Gasteiger partial charge on any atom is 0.239 e. The molecule has 27 heavy (non-hydrogen) atoms. The number of amides is 1. The number of hydrogen-bond donors (Lipinski definition) is 3. The highest BCUT2D eigenvalue weighted by atomic mass is 127. The van der Waals surface area contributed by atoms with Crippen LogP contribution < -0.4 is 16.0 Å². The van der Waals surface area contributed by atoms with Crippen molar-refractivity contribution in [2.24, 2.45) is 4.99 Å². The van der Waals surface area contributed by atoms with Crippen LogP contribution in [0.3, 0.4) is 0 Å². The molecule has 0 aliphatic heterocycles. The van der Waals surface area contributed by atoms with E-state index in [1.807, 2.05) is 63.2 Å². The molecule has 0 atom stereocenters. The molecule has 6 nitrogen and oxygen atoms in total. The summed E-state index contributed by atoms with van der Waals surface area (Å²) in [7, 11) is 0. The van der Waals surface area contributed by atoms with Gasteiger partial charge in [0, 0.05) is 18.5 Å². The van der Waals surface area contributed by atoms with Crippen molar-refractivity contribution >= 4 is 35.8 Å². The van der Waals surface area contributed by atoms with Crippen LogP contribution in [-0.4, -0.2) is 30.5 Å². The number of furan rings is 1. The van der Waals surface area contributed by atoms with Gasteiger partial charge in [0.05, 0.1) is 19.4 Å². The normalized spacial score (nSPS) is 11.4. The van der Waals surface area contributed by atoms with E-state index in [2.05, 4.69) is 20.9 Å². The zero-order chi connectivity index (χ0) is 18.8. The minimum absolute atomic E-state index is 0. The molecule has 1 aromatic carbocycles. The molecule has 0 saturated carbocycles. The first-order valence-electron chi connectivity index (χ1n) is 8.82. The average molecular weight is 484 g/mol. The van der Waals surface area contributed by atoms with Gasteiger partial charge in [-0.1, -0.05) is 30.3 Å². The standard InChI is InChI=1S/C20H28N4O2.HI/c1-20(2,3)24-18(25)15-23-19(21-12-11-17-10-7-13-26-17)22-14-16-8-5-4-6-9-16;/h4-10,13H,11-12,14-15H2,1-3H3,(H,24,25)(H2,21,22,23);1H. The van der Waals surface area contributed by atoms with Gasteiger partial charge in [0.2, 0.25) is 5.91 Å². The summed E-state index contributed by atoms with van der Waals surface area (Å²) in [6, 6.07) is 13.8. The highest BCUT2D eigenvalue weighted by Crippen LogP contribution is 2.01. The molecule has 0 saturated heterocycles. The van der Waals surface area contributed by atoms with Crippen LogP contribution >= 0.6 is 24.0 Å². The van der Waals surface area contributed by atoms with Gasteiger partial charge in [-0.2, -0.15) is 0 Å². The van der Waals surface area contributed by atoms with Crippen molar-refractivity contribution in [2.75, 3.05) is 13.1 Å². The molecule has 0 fully saturated rings.